The SMILES string of the molecule is CC(C)c1cccc(C(C)C)c1OC(F)(F)F. The fourth-order valence-corrected chi connectivity index (χ4v) is 1.72. The molecule has 0 atom stereocenters. The molecule has 0 fully saturated rings. The highest BCUT2D eigenvalue weighted by Crippen LogP contribution is 2.37. The normalized spacial score (nSPS) is 12.3. The smallest absolute Gasteiger partial charge is 0.405 e. The van der Waals surface area contributed by atoms with Crippen molar-refractivity contribution in [3.8, 4) is 5.75 Å². The van der Waals surface area contributed by atoms with Crippen molar-refractivity contribution in [1.82, 2.24) is 0 Å². The third-order valence-corrected chi connectivity index (χ3v) is 2.54. The molecule has 0 amide bonds. The van der Waals surface area contributed by atoms with Crippen LogP contribution in [-0.4, -0.2) is 6.36 Å². The molecule has 0 radical (unpaired) electrons. The van der Waals surface area contributed by atoms with Gasteiger partial charge in [-0.15, -0.1) is 13.2 Å². The second-order valence-electron chi connectivity index (χ2n) is 4.62. The van der Waals surface area contributed by atoms with Crippen molar-refractivity contribution in [3.05, 3.63) is 29.3 Å². The Morgan fingerprint density at radius 1 is 0.941 bits per heavy atom. The molecular weight excluding hydrogens is 229 g/mol. The van der Waals surface area contributed by atoms with Gasteiger partial charge in [-0.05, 0) is 23.0 Å². The Labute approximate surface area is 99.6 Å². The van der Waals surface area contributed by atoms with Crippen LogP contribution in [0.5, 0.6) is 5.75 Å². The van der Waals surface area contributed by atoms with Gasteiger partial charge in [0.05, 0.1) is 0 Å². The largest absolute Gasteiger partial charge is 0.573 e. The number of ether oxygens (including phenoxy) is 1. The maximum absolute atomic E-state index is 12.4. The van der Waals surface area contributed by atoms with Gasteiger partial charge in [-0.1, -0.05) is 45.9 Å². The second-order valence-corrected chi connectivity index (χ2v) is 4.62. The Hall–Kier alpha value is -1.19. The molecule has 4 heteroatoms. The Balaban J connectivity index is 3.29. The lowest BCUT2D eigenvalue weighted by Crippen LogP contribution is -2.19. The first-order valence-electron chi connectivity index (χ1n) is 5.61. The number of hydrogen-bond acceptors (Lipinski definition) is 1. The van der Waals surface area contributed by atoms with Crippen LogP contribution >= 0.6 is 0 Å². The minimum Gasteiger partial charge on any atom is -0.405 e. The predicted molar refractivity (Wildman–Crippen MR) is 61.3 cm³/mol. The fourth-order valence-electron chi connectivity index (χ4n) is 1.72. The number of alkyl halides is 3. The zero-order valence-corrected chi connectivity index (χ0v) is 10.4. The molecule has 0 aliphatic rings. The molecule has 0 aliphatic carbocycles. The number of para-hydroxylation sites is 1. The summed E-state index contributed by atoms with van der Waals surface area (Å²) in [6, 6.07) is 5.13. The molecule has 1 aromatic rings. The Kier molecular flexibility index (Phi) is 4.07. The summed E-state index contributed by atoms with van der Waals surface area (Å²) in [7, 11) is 0. The van der Waals surface area contributed by atoms with Gasteiger partial charge in [0, 0.05) is 0 Å². The number of halogens is 3. The van der Waals surface area contributed by atoms with Gasteiger partial charge in [0.2, 0.25) is 0 Å². The zero-order valence-electron chi connectivity index (χ0n) is 10.4. The highest BCUT2D eigenvalue weighted by Gasteiger charge is 2.33. The first-order chi connectivity index (χ1) is 7.72. The Morgan fingerprint density at radius 3 is 1.65 bits per heavy atom. The molecule has 0 bridgehead atoms. The van der Waals surface area contributed by atoms with E-state index in [0.717, 1.165) is 0 Å². The molecule has 17 heavy (non-hydrogen) atoms. The molecule has 1 aromatic carbocycles. The molecule has 0 unspecified atom stereocenters. The van der Waals surface area contributed by atoms with Crippen LogP contribution in [0.2, 0.25) is 0 Å². The van der Waals surface area contributed by atoms with Crippen LogP contribution < -0.4 is 4.74 Å². The summed E-state index contributed by atoms with van der Waals surface area (Å²) in [6.45, 7) is 7.40. The van der Waals surface area contributed by atoms with E-state index in [9.17, 15) is 13.2 Å². The van der Waals surface area contributed by atoms with Crippen molar-refractivity contribution in [2.75, 3.05) is 0 Å². The van der Waals surface area contributed by atoms with E-state index in [4.69, 9.17) is 0 Å². The Bertz CT molecular complexity index is 354. The lowest BCUT2D eigenvalue weighted by molar-refractivity contribution is -0.275. The van der Waals surface area contributed by atoms with Crippen molar-refractivity contribution in [3.63, 3.8) is 0 Å². The van der Waals surface area contributed by atoms with Crippen molar-refractivity contribution in [2.45, 2.75) is 45.9 Å². The number of benzene rings is 1. The monoisotopic (exact) mass is 246 g/mol. The number of hydrogen-bond donors (Lipinski definition) is 0. The van der Waals surface area contributed by atoms with E-state index in [1.54, 1.807) is 18.2 Å². The van der Waals surface area contributed by atoms with Crippen molar-refractivity contribution < 1.29 is 17.9 Å². The van der Waals surface area contributed by atoms with Gasteiger partial charge in [0.1, 0.15) is 5.75 Å². The van der Waals surface area contributed by atoms with Crippen LogP contribution in [0.15, 0.2) is 18.2 Å². The van der Waals surface area contributed by atoms with E-state index in [2.05, 4.69) is 4.74 Å². The summed E-state index contributed by atoms with van der Waals surface area (Å²) in [4.78, 5) is 0. The summed E-state index contributed by atoms with van der Waals surface area (Å²) >= 11 is 0. The van der Waals surface area contributed by atoms with Crippen LogP contribution in [0.25, 0.3) is 0 Å². The molecule has 0 spiro atoms. The number of rotatable bonds is 3. The lowest BCUT2D eigenvalue weighted by atomic mass is 9.94. The summed E-state index contributed by atoms with van der Waals surface area (Å²) in [5.41, 5.74) is 1.18. The molecular formula is C13H17F3O. The van der Waals surface area contributed by atoms with Gasteiger partial charge in [0.15, 0.2) is 0 Å². The van der Waals surface area contributed by atoms with Gasteiger partial charge in [0.25, 0.3) is 0 Å². The van der Waals surface area contributed by atoms with E-state index < -0.39 is 6.36 Å². The second kappa shape index (κ2) is 4.98. The third-order valence-electron chi connectivity index (χ3n) is 2.54. The van der Waals surface area contributed by atoms with E-state index in [0.29, 0.717) is 11.1 Å². The van der Waals surface area contributed by atoms with Crippen LogP contribution in [-0.2, 0) is 0 Å². The lowest BCUT2D eigenvalue weighted by Gasteiger charge is -2.20. The van der Waals surface area contributed by atoms with E-state index in [1.807, 2.05) is 27.7 Å². The zero-order chi connectivity index (χ0) is 13.2. The minimum atomic E-state index is -4.64. The molecule has 0 saturated carbocycles. The van der Waals surface area contributed by atoms with Crippen LogP contribution in [0.4, 0.5) is 13.2 Å². The maximum atomic E-state index is 12.4. The van der Waals surface area contributed by atoms with Gasteiger partial charge in [-0.2, -0.15) is 0 Å². The van der Waals surface area contributed by atoms with Crippen LogP contribution in [0, 0.1) is 0 Å². The average Bonchev–Trinajstić information content (AvgIpc) is 2.14. The molecule has 96 valence electrons. The molecule has 0 saturated heterocycles. The molecule has 0 heterocycles. The Morgan fingerprint density at radius 2 is 1.35 bits per heavy atom. The highest BCUT2D eigenvalue weighted by molar-refractivity contribution is 5.45. The van der Waals surface area contributed by atoms with Gasteiger partial charge >= 0.3 is 6.36 Å². The minimum absolute atomic E-state index is 0.00829. The summed E-state index contributed by atoms with van der Waals surface area (Å²) < 4.78 is 41.4. The fraction of sp³-hybridized carbons (Fsp3) is 0.538. The van der Waals surface area contributed by atoms with E-state index in [-0.39, 0.29) is 17.6 Å². The van der Waals surface area contributed by atoms with Crippen LogP contribution in [0.1, 0.15) is 50.7 Å². The van der Waals surface area contributed by atoms with Crippen molar-refractivity contribution >= 4 is 0 Å². The van der Waals surface area contributed by atoms with E-state index in [1.165, 1.54) is 0 Å². The highest BCUT2D eigenvalue weighted by atomic mass is 19.4. The van der Waals surface area contributed by atoms with Crippen molar-refractivity contribution in [2.24, 2.45) is 0 Å². The maximum Gasteiger partial charge on any atom is 0.573 e. The van der Waals surface area contributed by atoms with Crippen molar-refractivity contribution in [1.29, 1.82) is 0 Å². The average molecular weight is 246 g/mol. The van der Waals surface area contributed by atoms with E-state index >= 15 is 0 Å². The van der Waals surface area contributed by atoms with Crippen LogP contribution in [0.3, 0.4) is 0 Å². The predicted octanol–water partition coefficient (Wildman–Crippen LogP) is 4.83. The third kappa shape index (κ3) is 3.65. The first kappa shape index (κ1) is 13.9. The summed E-state index contributed by atoms with van der Waals surface area (Å²) in [6.07, 6.45) is -4.64. The molecule has 0 N–H and O–H groups in total. The first-order valence-corrected chi connectivity index (χ1v) is 5.61. The molecule has 1 rings (SSSR count). The molecule has 0 aliphatic heterocycles. The summed E-state index contributed by atoms with van der Waals surface area (Å²) in [5, 5.41) is 0. The standard InChI is InChI=1S/C13H17F3O/c1-8(2)10-6-5-7-11(9(3)4)12(10)17-13(14,15)16/h5-9H,1-4H3. The van der Waals surface area contributed by atoms with Gasteiger partial charge in [-0.25, -0.2) is 0 Å². The summed E-state index contributed by atoms with van der Waals surface area (Å²) in [5.74, 6) is -0.0536. The topological polar surface area (TPSA) is 9.23 Å². The molecule has 1 nitrogen and oxygen atoms in total. The van der Waals surface area contributed by atoms with Gasteiger partial charge < -0.3 is 4.74 Å². The quantitative estimate of drug-likeness (QED) is 0.742. The molecule has 0 aromatic heterocycles. The van der Waals surface area contributed by atoms with Gasteiger partial charge in [-0.3, -0.25) is 0 Å².